The summed E-state index contributed by atoms with van der Waals surface area (Å²) in [6.45, 7) is 7.86. The monoisotopic (exact) mass is 266 g/mol. The summed E-state index contributed by atoms with van der Waals surface area (Å²) in [7, 11) is 0. The van der Waals surface area contributed by atoms with Crippen molar-refractivity contribution in [2.75, 3.05) is 26.2 Å². The molecule has 0 spiro atoms. The standard InChI is InChI=1S/C14H22N2OS/c1-3-5-12-11(4-2)10-13(18-12)14(17)16-8-6-15-7-9-16/h10,15H,3-9H2,1-2H3. The molecule has 3 nitrogen and oxygen atoms in total. The van der Waals surface area contributed by atoms with Gasteiger partial charge in [-0.2, -0.15) is 0 Å². The van der Waals surface area contributed by atoms with Gasteiger partial charge in [0.2, 0.25) is 0 Å². The van der Waals surface area contributed by atoms with E-state index in [2.05, 4.69) is 25.2 Å². The molecular weight excluding hydrogens is 244 g/mol. The molecule has 1 fully saturated rings. The fourth-order valence-electron chi connectivity index (χ4n) is 2.33. The largest absolute Gasteiger partial charge is 0.335 e. The minimum atomic E-state index is 0.221. The zero-order chi connectivity index (χ0) is 13.0. The van der Waals surface area contributed by atoms with Crippen LogP contribution >= 0.6 is 11.3 Å². The maximum absolute atomic E-state index is 12.4. The number of nitrogens with one attached hydrogen (secondary N) is 1. The Labute approximate surface area is 113 Å². The van der Waals surface area contributed by atoms with Crippen molar-refractivity contribution in [3.63, 3.8) is 0 Å². The zero-order valence-corrected chi connectivity index (χ0v) is 12.1. The summed E-state index contributed by atoms with van der Waals surface area (Å²) in [5.41, 5.74) is 1.36. The van der Waals surface area contributed by atoms with E-state index in [1.54, 1.807) is 11.3 Å². The molecule has 1 aromatic heterocycles. The molecule has 1 N–H and O–H groups in total. The molecular formula is C14H22N2OS. The topological polar surface area (TPSA) is 32.3 Å². The molecule has 1 aliphatic rings. The molecule has 18 heavy (non-hydrogen) atoms. The number of rotatable bonds is 4. The number of amides is 1. The molecule has 0 aliphatic carbocycles. The second-order valence-corrected chi connectivity index (χ2v) is 5.84. The van der Waals surface area contributed by atoms with Crippen LogP contribution in [0.3, 0.4) is 0 Å². The molecule has 1 amide bonds. The number of carbonyl (C=O) groups excluding carboxylic acids is 1. The van der Waals surface area contributed by atoms with E-state index in [0.717, 1.165) is 50.3 Å². The predicted octanol–water partition coefficient (Wildman–Crippen LogP) is 2.31. The van der Waals surface area contributed by atoms with Gasteiger partial charge in [0.1, 0.15) is 0 Å². The Morgan fingerprint density at radius 2 is 2.11 bits per heavy atom. The van der Waals surface area contributed by atoms with E-state index >= 15 is 0 Å². The van der Waals surface area contributed by atoms with Crippen LogP contribution in [0.25, 0.3) is 0 Å². The molecule has 0 atom stereocenters. The van der Waals surface area contributed by atoms with E-state index in [0.29, 0.717) is 0 Å². The number of piperazine rings is 1. The van der Waals surface area contributed by atoms with Gasteiger partial charge in [0.05, 0.1) is 4.88 Å². The van der Waals surface area contributed by atoms with Crippen molar-refractivity contribution in [3.05, 3.63) is 21.4 Å². The van der Waals surface area contributed by atoms with Gasteiger partial charge < -0.3 is 10.2 Å². The van der Waals surface area contributed by atoms with E-state index in [4.69, 9.17) is 0 Å². The number of thiophene rings is 1. The molecule has 0 bridgehead atoms. The number of hydrogen-bond donors (Lipinski definition) is 1. The lowest BCUT2D eigenvalue weighted by Crippen LogP contribution is -2.46. The first-order valence-electron chi connectivity index (χ1n) is 6.87. The smallest absolute Gasteiger partial charge is 0.264 e. The number of nitrogens with zero attached hydrogens (tertiary/aromatic N) is 1. The Morgan fingerprint density at radius 1 is 1.39 bits per heavy atom. The van der Waals surface area contributed by atoms with E-state index < -0.39 is 0 Å². The molecule has 0 radical (unpaired) electrons. The Kier molecular flexibility index (Phi) is 4.78. The molecule has 1 aliphatic heterocycles. The van der Waals surface area contributed by atoms with E-state index in [9.17, 15) is 4.79 Å². The summed E-state index contributed by atoms with van der Waals surface area (Å²) < 4.78 is 0. The maximum Gasteiger partial charge on any atom is 0.264 e. The fourth-order valence-corrected chi connectivity index (χ4v) is 3.66. The first kappa shape index (κ1) is 13.6. The molecule has 2 rings (SSSR count). The summed E-state index contributed by atoms with van der Waals surface area (Å²) in [4.78, 5) is 16.7. The van der Waals surface area contributed by atoms with Gasteiger partial charge in [-0.1, -0.05) is 20.3 Å². The summed E-state index contributed by atoms with van der Waals surface area (Å²) in [5.74, 6) is 0.221. The average molecular weight is 266 g/mol. The summed E-state index contributed by atoms with van der Waals surface area (Å²) in [6, 6.07) is 2.11. The maximum atomic E-state index is 12.4. The molecule has 1 saturated heterocycles. The van der Waals surface area contributed by atoms with Crippen molar-refractivity contribution in [3.8, 4) is 0 Å². The molecule has 1 aromatic rings. The van der Waals surface area contributed by atoms with Gasteiger partial charge in [0, 0.05) is 31.1 Å². The molecule has 0 saturated carbocycles. The van der Waals surface area contributed by atoms with Gasteiger partial charge in [-0.25, -0.2) is 0 Å². The molecule has 2 heterocycles. The highest BCUT2D eigenvalue weighted by Gasteiger charge is 2.20. The van der Waals surface area contributed by atoms with Crippen molar-refractivity contribution in [2.24, 2.45) is 0 Å². The first-order valence-corrected chi connectivity index (χ1v) is 7.69. The summed E-state index contributed by atoms with van der Waals surface area (Å²) in [5, 5.41) is 3.28. The highest BCUT2D eigenvalue weighted by atomic mass is 32.1. The molecule has 100 valence electrons. The highest BCUT2D eigenvalue weighted by Crippen LogP contribution is 2.25. The van der Waals surface area contributed by atoms with Gasteiger partial charge in [-0.15, -0.1) is 11.3 Å². The van der Waals surface area contributed by atoms with Crippen LogP contribution in [-0.2, 0) is 12.8 Å². The third-order valence-corrected chi connectivity index (χ3v) is 4.59. The van der Waals surface area contributed by atoms with Gasteiger partial charge in [0.25, 0.3) is 5.91 Å². The van der Waals surface area contributed by atoms with Crippen LogP contribution in [0.5, 0.6) is 0 Å². The fraction of sp³-hybridized carbons (Fsp3) is 0.643. The van der Waals surface area contributed by atoms with Crippen LogP contribution in [0.15, 0.2) is 6.07 Å². The molecule has 0 aromatic carbocycles. The SMILES string of the molecule is CCCc1sc(C(=O)N2CCNCC2)cc1CC. The summed E-state index contributed by atoms with van der Waals surface area (Å²) in [6.07, 6.45) is 3.28. The third kappa shape index (κ3) is 2.93. The first-order chi connectivity index (χ1) is 8.76. The summed E-state index contributed by atoms with van der Waals surface area (Å²) >= 11 is 1.70. The lowest BCUT2D eigenvalue weighted by molar-refractivity contribution is 0.0740. The number of aryl methyl sites for hydroxylation is 2. The van der Waals surface area contributed by atoms with Crippen molar-refractivity contribution in [1.29, 1.82) is 0 Å². The van der Waals surface area contributed by atoms with Gasteiger partial charge in [-0.3, -0.25) is 4.79 Å². The minimum Gasteiger partial charge on any atom is -0.335 e. The minimum absolute atomic E-state index is 0.221. The predicted molar refractivity (Wildman–Crippen MR) is 76.5 cm³/mol. The molecule has 0 unspecified atom stereocenters. The lowest BCUT2D eigenvalue weighted by atomic mass is 10.1. The Hall–Kier alpha value is -0.870. The second kappa shape index (κ2) is 6.34. The van der Waals surface area contributed by atoms with E-state index in [1.807, 2.05) is 4.90 Å². The second-order valence-electron chi connectivity index (χ2n) is 4.70. The molecule has 4 heteroatoms. The highest BCUT2D eigenvalue weighted by molar-refractivity contribution is 7.14. The van der Waals surface area contributed by atoms with Crippen LogP contribution in [0, 0.1) is 0 Å². The lowest BCUT2D eigenvalue weighted by Gasteiger charge is -2.26. The van der Waals surface area contributed by atoms with Crippen LogP contribution in [-0.4, -0.2) is 37.0 Å². The van der Waals surface area contributed by atoms with Crippen molar-refractivity contribution < 1.29 is 4.79 Å². The number of carbonyl (C=O) groups is 1. The van der Waals surface area contributed by atoms with Gasteiger partial charge in [-0.05, 0) is 24.5 Å². The van der Waals surface area contributed by atoms with E-state index in [-0.39, 0.29) is 5.91 Å². The Bertz CT molecular complexity index is 408. The van der Waals surface area contributed by atoms with Crippen LogP contribution in [0.4, 0.5) is 0 Å². The zero-order valence-electron chi connectivity index (χ0n) is 11.3. The van der Waals surface area contributed by atoms with Crippen LogP contribution in [0.2, 0.25) is 0 Å². The Balaban J connectivity index is 2.14. The van der Waals surface area contributed by atoms with Crippen molar-refractivity contribution >= 4 is 17.2 Å². The van der Waals surface area contributed by atoms with Crippen LogP contribution < -0.4 is 5.32 Å². The van der Waals surface area contributed by atoms with Crippen LogP contribution in [0.1, 0.15) is 40.4 Å². The normalized spacial score (nSPS) is 16.0. The van der Waals surface area contributed by atoms with E-state index in [1.165, 1.54) is 10.4 Å². The van der Waals surface area contributed by atoms with Crippen molar-refractivity contribution in [1.82, 2.24) is 10.2 Å². The third-order valence-electron chi connectivity index (χ3n) is 3.37. The quantitative estimate of drug-likeness (QED) is 0.907. The number of hydrogen-bond acceptors (Lipinski definition) is 3. The van der Waals surface area contributed by atoms with Gasteiger partial charge >= 0.3 is 0 Å². The average Bonchev–Trinajstić information content (AvgIpc) is 2.82. The van der Waals surface area contributed by atoms with Gasteiger partial charge in [0.15, 0.2) is 0 Å². The Morgan fingerprint density at radius 3 is 2.72 bits per heavy atom. The van der Waals surface area contributed by atoms with Crippen molar-refractivity contribution in [2.45, 2.75) is 33.1 Å².